The Morgan fingerprint density at radius 2 is 1.74 bits per heavy atom. The van der Waals surface area contributed by atoms with Gasteiger partial charge in [-0.25, -0.2) is 4.98 Å². The minimum atomic E-state index is -0.0653. The van der Waals surface area contributed by atoms with Crippen molar-refractivity contribution in [3.05, 3.63) is 94.7 Å². The number of aromatic nitrogens is 2. The molecule has 0 aliphatic heterocycles. The number of carbonyl (C=O) groups is 1. The minimum absolute atomic E-state index is 0.0653. The third kappa shape index (κ3) is 3.73. The summed E-state index contributed by atoms with van der Waals surface area (Å²) in [5, 5.41) is 3.01. The van der Waals surface area contributed by atoms with Crippen LogP contribution in [-0.4, -0.2) is 15.3 Å². The van der Waals surface area contributed by atoms with Crippen LogP contribution < -0.4 is 5.32 Å². The van der Waals surface area contributed by atoms with Crippen molar-refractivity contribution in [2.24, 2.45) is 0 Å². The standard InChI is InChI=1S/C26H23N3OS/c1-16-4-7-19(8-5-16)14-27-25(30)20-9-11-23-24(13-20)31-26-28-22(15-29(23)26)21-10-6-17(2)12-18(21)3/h4-13,15H,14H2,1-3H3,(H,27,30). The van der Waals surface area contributed by atoms with Crippen LogP contribution in [0.4, 0.5) is 0 Å². The zero-order valence-electron chi connectivity index (χ0n) is 17.8. The first kappa shape index (κ1) is 19.5. The van der Waals surface area contributed by atoms with E-state index in [-0.39, 0.29) is 5.91 Å². The average Bonchev–Trinajstić information content (AvgIpc) is 3.30. The van der Waals surface area contributed by atoms with Gasteiger partial charge in [-0.05, 0) is 50.1 Å². The highest BCUT2D eigenvalue weighted by Crippen LogP contribution is 2.31. The summed E-state index contributed by atoms with van der Waals surface area (Å²) in [4.78, 5) is 18.4. The van der Waals surface area contributed by atoms with E-state index in [1.54, 1.807) is 11.3 Å². The van der Waals surface area contributed by atoms with Gasteiger partial charge in [0.25, 0.3) is 5.91 Å². The van der Waals surface area contributed by atoms with Gasteiger partial charge in [0.05, 0.1) is 15.9 Å². The zero-order chi connectivity index (χ0) is 21.5. The summed E-state index contributed by atoms with van der Waals surface area (Å²) < 4.78 is 3.17. The summed E-state index contributed by atoms with van der Waals surface area (Å²) in [6.07, 6.45) is 2.09. The number of hydrogen-bond acceptors (Lipinski definition) is 3. The Morgan fingerprint density at radius 1 is 0.968 bits per heavy atom. The van der Waals surface area contributed by atoms with Gasteiger partial charge in [0, 0.05) is 23.9 Å². The molecule has 154 valence electrons. The van der Waals surface area contributed by atoms with E-state index in [9.17, 15) is 4.79 Å². The first-order valence-corrected chi connectivity index (χ1v) is 11.1. The van der Waals surface area contributed by atoms with Crippen molar-refractivity contribution in [1.29, 1.82) is 0 Å². The molecule has 0 saturated carbocycles. The van der Waals surface area contributed by atoms with E-state index in [0.29, 0.717) is 12.1 Å². The van der Waals surface area contributed by atoms with E-state index >= 15 is 0 Å². The normalized spacial score (nSPS) is 11.3. The van der Waals surface area contributed by atoms with Crippen LogP contribution >= 0.6 is 11.3 Å². The van der Waals surface area contributed by atoms with Crippen molar-refractivity contribution in [2.75, 3.05) is 0 Å². The van der Waals surface area contributed by atoms with E-state index in [4.69, 9.17) is 4.98 Å². The third-order valence-electron chi connectivity index (χ3n) is 5.59. The smallest absolute Gasteiger partial charge is 0.251 e. The molecule has 0 aliphatic rings. The van der Waals surface area contributed by atoms with E-state index in [2.05, 4.69) is 67.0 Å². The lowest BCUT2D eigenvalue weighted by Gasteiger charge is -2.06. The Hall–Kier alpha value is -3.44. The van der Waals surface area contributed by atoms with Gasteiger partial charge in [-0.2, -0.15) is 0 Å². The van der Waals surface area contributed by atoms with E-state index < -0.39 is 0 Å². The highest BCUT2D eigenvalue weighted by Gasteiger charge is 2.14. The second-order valence-corrected chi connectivity index (χ2v) is 9.06. The number of carbonyl (C=O) groups excluding carboxylic acids is 1. The Bertz CT molecular complexity index is 1430. The summed E-state index contributed by atoms with van der Waals surface area (Å²) in [5.74, 6) is -0.0653. The topological polar surface area (TPSA) is 46.4 Å². The van der Waals surface area contributed by atoms with E-state index in [0.717, 1.165) is 32.0 Å². The Labute approximate surface area is 185 Å². The third-order valence-corrected chi connectivity index (χ3v) is 6.61. The van der Waals surface area contributed by atoms with Gasteiger partial charge in [0.15, 0.2) is 4.96 Å². The Kier molecular flexibility index (Phi) is 4.83. The van der Waals surface area contributed by atoms with Crippen LogP contribution in [0.15, 0.2) is 66.9 Å². The number of amides is 1. The van der Waals surface area contributed by atoms with Crippen LogP contribution in [0.5, 0.6) is 0 Å². The molecule has 5 rings (SSSR count). The largest absolute Gasteiger partial charge is 0.348 e. The molecule has 0 saturated heterocycles. The number of nitrogens with one attached hydrogen (secondary N) is 1. The van der Waals surface area contributed by atoms with Crippen LogP contribution in [0.25, 0.3) is 26.4 Å². The average molecular weight is 426 g/mol. The predicted octanol–water partition coefficient (Wildman–Crippen LogP) is 6.07. The maximum absolute atomic E-state index is 12.7. The second kappa shape index (κ2) is 7.67. The van der Waals surface area contributed by atoms with Crippen molar-refractivity contribution >= 4 is 32.4 Å². The molecule has 0 bridgehead atoms. The summed E-state index contributed by atoms with van der Waals surface area (Å²) in [6, 6.07) is 20.5. The highest BCUT2D eigenvalue weighted by molar-refractivity contribution is 7.23. The number of rotatable bonds is 4. The quantitative estimate of drug-likeness (QED) is 0.380. The van der Waals surface area contributed by atoms with Crippen molar-refractivity contribution in [3.63, 3.8) is 0 Å². The molecular weight excluding hydrogens is 402 g/mol. The molecule has 1 N–H and O–H groups in total. The number of thiazole rings is 1. The Balaban J connectivity index is 1.41. The number of aryl methyl sites for hydroxylation is 3. The SMILES string of the molecule is Cc1ccc(CNC(=O)c2ccc3c(c2)sc2nc(-c4ccc(C)cc4C)cn23)cc1. The molecule has 2 heterocycles. The molecule has 0 atom stereocenters. The first-order valence-electron chi connectivity index (χ1n) is 10.3. The van der Waals surface area contributed by atoms with E-state index in [1.807, 2.05) is 30.3 Å². The summed E-state index contributed by atoms with van der Waals surface area (Å²) in [6.45, 7) is 6.80. The summed E-state index contributed by atoms with van der Waals surface area (Å²) in [5.41, 5.74) is 8.64. The molecule has 0 radical (unpaired) electrons. The van der Waals surface area contributed by atoms with Gasteiger partial charge in [-0.15, -0.1) is 0 Å². The summed E-state index contributed by atoms with van der Waals surface area (Å²) >= 11 is 1.61. The van der Waals surface area contributed by atoms with Crippen LogP contribution in [0, 0.1) is 20.8 Å². The van der Waals surface area contributed by atoms with E-state index in [1.165, 1.54) is 16.7 Å². The fourth-order valence-corrected chi connectivity index (χ4v) is 4.91. The highest BCUT2D eigenvalue weighted by atomic mass is 32.1. The van der Waals surface area contributed by atoms with Crippen LogP contribution in [0.1, 0.15) is 32.6 Å². The maximum atomic E-state index is 12.7. The molecule has 4 nitrogen and oxygen atoms in total. The van der Waals surface area contributed by atoms with Gasteiger partial charge < -0.3 is 5.32 Å². The number of nitrogens with zero attached hydrogens (tertiary/aromatic N) is 2. The van der Waals surface area contributed by atoms with Crippen LogP contribution in [0.3, 0.4) is 0 Å². The van der Waals surface area contributed by atoms with Crippen molar-refractivity contribution < 1.29 is 4.79 Å². The fraction of sp³-hybridized carbons (Fsp3) is 0.154. The molecule has 5 aromatic rings. The van der Waals surface area contributed by atoms with Crippen molar-refractivity contribution in [2.45, 2.75) is 27.3 Å². The number of benzene rings is 3. The van der Waals surface area contributed by atoms with Gasteiger partial charge in [0.1, 0.15) is 0 Å². The van der Waals surface area contributed by atoms with Gasteiger partial charge in [-0.1, -0.05) is 64.9 Å². The van der Waals surface area contributed by atoms with Gasteiger partial charge in [0.2, 0.25) is 0 Å². The van der Waals surface area contributed by atoms with Crippen LogP contribution in [-0.2, 0) is 6.54 Å². The fourth-order valence-electron chi connectivity index (χ4n) is 3.86. The summed E-state index contributed by atoms with van der Waals surface area (Å²) in [7, 11) is 0. The molecule has 0 unspecified atom stereocenters. The molecule has 0 aliphatic carbocycles. The Morgan fingerprint density at radius 3 is 2.52 bits per heavy atom. The van der Waals surface area contributed by atoms with Crippen molar-refractivity contribution in [1.82, 2.24) is 14.7 Å². The van der Waals surface area contributed by atoms with Crippen LogP contribution in [0.2, 0.25) is 0 Å². The number of hydrogen-bond donors (Lipinski definition) is 1. The monoisotopic (exact) mass is 425 g/mol. The lowest BCUT2D eigenvalue weighted by atomic mass is 10.0. The first-order chi connectivity index (χ1) is 15.0. The molecule has 3 aromatic carbocycles. The molecular formula is C26H23N3OS. The molecule has 0 fully saturated rings. The zero-order valence-corrected chi connectivity index (χ0v) is 18.6. The second-order valence-electron chi connectivity index (χ2n) is 8.05. The van der Waals surface area contributed by atoms with Gasteiger partial charge in [-0.3, -0.25) is 9.20 Å². The molecule has 2 aromatic heterocycles. The van der Waals surface area contributed by atoms with Gasteiger partial charge >= 0.3 is 0 Å². The number of imidazole rings is 1. The predicted molar refractivity (Wildman–Crippen MR) is 128 cm³/mol. The number of fused-ring (bicyclic) bond motifs is 3. The maximum Gasteiger partial charge on any atom is 0.251 e. The lowest BCUT2D eigenvalue weighted by Crippen LogP contribution is -2.22. The lowest BCUT2D eigenvalue weighted by molar-refractivity contribution is 0.0951. The van der Waals surface area contributed by atoms with Crippen molar-refractivity contribution in [3.8, 4) is 11.3 Å². The minimum Gasteiger partial charge on any atom is -0.348 e. The molecule has 31 heavy (non-hydrogen) atoms. The molecule has 5 heteroatoms. The molecule has 0 spiro atoms. The molecule has 1 amide bonds.